The van der Waals surface area contributed by atoms with Gasteiger partial charge in [-0.1, -0.05) is 6.92 Å². The van der Waals surface area contributed by atoms with Crippen molar-refractivity contribution in [2.24, 2.45) is 0 Å². The molecule has 60 valence electrons. The fourth-order valence-electron chi connectivity index (χ4n) is 0.649. The van der Waals surface area contributed by atoms with Gasteiger partial charge in [-0.25, -0.2) is 0 Å². The smallest absolute Gasteiger partial charge is 0.0725 e. The quantitative estimate of drug-likeness (QED) is 0.510. The summed E-state index contributed by atoms with van der Waals surface area (Å²) in [5, 5.41) is 7.24. The monoisotopic (exact) mass is 181 g/mol. The molecule has 0 saturated heterocycles. The average molecular weight is 182 g/mol. The molecular formula is C7H13Cl2N. The molecule has 0 aromatic rings. The summed E-state index contributed by atoms with van der Waals surface area (Å²) in [7, 11) is 0. The van der Waals surface area contributed by atoms with E-state index >= 15 is 0 Å². The highest BCUT2D eigenvalue weighted by Gasteiger charge is 2.11. The summed E-state index contributed by atoms with van der Waals surface area (Å²) < 4.78 is 0. The van der Waals surface area contributed by atoms with Crippen LogP contribution in [-0.2, 0) is 0 Å². The molecule has 0 bridgehead atoms. The third-order valence-electron chi connectivity index (χ3n) is 1.29. The average Bonchev–Trinajstić information content (AvgIpc) is 1.85. The number of alkyl halides is 2. The first-order chi connectivity index (χ1) is 4.57. The van der Waals surface area contributed by atoms with Gasteiger partial charge in [0.25, 0.3) is 0 Å². The summed E-state index contributed by atoms with van der Waals surface area (Å²) in [6.45, 7) is 3.82. The molecule has 0 aliphatic carbocycles. The maximum Gasteiger partial charge on any atom is 0.0725 e. The minimum Gasteiger partial charge on any atom is -0.308 e. The molecule has 0 aromatic carbocycles. The molecule has 1 nitrogen and oxygen atoms in total. The molecule has 0 spiro atoms. The predicted molar refractivity (Wildman–Crippen MR) is 47.6 cm³/mol. The van der Waals surface area contributed by atoms with Crippen LogP contribution in [0.1, 0.15) is 26.7 Å². The SMILES string of the molecule is CCC(=N)C(Cl)CC(C)Cl. The molecule has 2 unspecified atom stereocenters. The van der Waals surface area contributed by atoms with Crippen LogP contribution in [0.3, 0.4) is 0 Å². The van der Waals surface area contributed by atoms with Crippen LogP contribution < -0.4 is 0 Å². The van der Waals surface area contributed by atoms with Gasteiger partial charge < -0.3 is 5.41 Å². The van der Waals surface area contributed by atoms with Crippen molar-refractivity contribution >= 4 is 28.9 Å². The van der Waals surface area contributed by atoms with Gasteiger partial charge in [-0.3, -0.25) is 0 Å². The number of rotatable bonds is 4. The van der Waals surface area contributed by atoms with Gasteiger partial charge >= 0.3 is 0 Å². The van der Waals surface area contributed by atoms with Crippen molar-refractivity contribution in [3.63, 3.8) is 0 Å². The summed E-state index contributed by atoms with van der Waals surface area (Å²) in [5.41, 5.74) is 0.578. The number of hydrogen-bond donors (Lipinski definition) is 1. The minimum atomic E-state index is -0.169. The molecule has 0 rings (SSSR count). The lowest BCUT2D eigenvalue weighted by atomic mass is 10.1. The van der Waals surface area contributed by atoms with E-state index in [2.05, 4.69) is 0 Å². The Kier molecular flexibility index (Phi) is 5.10. The summed E-state index contributed by atoms with van der Waals surface area (Å²) in [5.74, 6) is 0. The van der Waals surface area contributed by atoms with E-state index in [0.29, 0.717) is 12.1 Å². The van der Waals surface area contributed by atoms with E-state index in [1.807, 2.05) is 13.8 Å². The summed E-state index contributed by atoms with van der Waals surface area (Å²) in [6.07, 6.45) is 1.41. The first-order valence-electron chi connectivity index (χ1n) is 3.43. The lowest BCUT2D eigenvalue weighted by Gasteiger charge is -2.09. The van der Waals surface area contributed by atoms with Crippen LogP contribution in [0.15, 0.2) is 0 Å². The topological polar surface area (TPSA) is 23.9 Å². The van der Waals surface area contributed by atoms with Crippen LogP contribution in [0, 0.1) is 5.41 Å². The molecule has 0 heterocycles. The standard InChI is InChI=1S/C7H13Cl2N/c1-3-7(10)6(9)4-5(2)8/h5-6,10H,3-4H2,1-2H3. The second kappa shape index (κ2) is 4.97. The van der Waals surface area contributed by atoms with Crippen LogP contribution in [-0.4, -0.2) is 16.5 Å². The zero-order chi connectivity index (χ0) is 8.15. The van der Waals surface area contributed by atoms with Gasteiger partial charge in [0.2, 0.25) is 0 Å². The highest BCUT2D eigenvalue weighted by Crippen LogP contribution is 2.12. The molecule has 0 radical (unpaired) electrons. The van der Waals surface area contributed by atoms with E-state index in [0.717, 1.165) is 6.42 Å². The van der Waals surface area contributed by atoms with Crippen molar-refractivity contribution in [2.45, 2.75) is 37.4 Å². The first-order valence-corrected chi connectivity index (χ1v) is 4.30. The Morgan fingerprint density at radius 2 is 2.00 bits per heavy atom. The highest BCUT2D eigenvalue weighted by molar-refractivity contribution is 6.32. The third kappa shape index (κ3) is 4.13. The van der Waals surface area contributed by atoms with Crippen molar-refractivity contribution in [3.05, 3.63) is 0 Å². The normalized spacial score (nSPS) is 16.4. The fourth-order valence-corrected chi connectivity index (χ4v) is 1.34. The van der Waals surface area contributed by atoms with Crippen molar-refractivity contribution in [1.82, 2.24) is 0 Å². The Balaban J connectivity index is 3.61. The largest absolute Gasteiger partial charge is 0.308 e. The van der Waals surface area contributed by atoms with Crippen molar-refractivity contribution in [3.8, 4) is 0 Å². The molecule has 0 saturated carbocycles. The second-order valence-corrected chi connectivity index (χ2v) is 3.63. The lowest BCUT2D eigenvalue weighted by molar-refractivity contribution is 0.837. The molecule has 0 amide bonds. The van der Waals surface area contributed by atoms with Gasteiger partial charge in [-0.2, -0.15) is 0 Å². The van der Waals surface area contributed by atoms with Crippen molar-refractivity contribution < 1.29 is 0 Å². The molecule has 0 aliphatic rings. The second-order valence-electron chi connectivity index (χ2n) is 2.36. The van der Waals surface area contributed by atoms with Gasteiger partial charge in [0.05, 0.1) is 5.38 Å². The Morgan fingerprint density at radius 1 is 1.50 bits per heavy atom. The van der Waals surface area contributed by atoms with Crippen LogP contribution in [0.4, 0.5) is 0 Å². The summed E-state index contributed by atoms with van der Waals surface area (Å²) in [6, 6.07) is 0. The Bertz CT molecular complexity index is 112. The summed E-state index contributed by atoms with van der Waals surface area (Å²) >= 11 is 11.5. The number of halogens is 2. The van der Waals surface area contributed by atoms with Crippen LogP contribution in [0.2, 0.25) is 0 Å². The van der Waals surface area contributed by atoms with Gasteiger partial charge in [-0.05, 0) is 19.8 Å². The van der Waals surface area contributed by atoms with Crippen LogP contribution in [0.5, 0.6) is 0 Å². The maximum atomic E-state index is 7.35. The van der Waals surface area contributed by atoms with E-state index in [9.17, 15) is 0 Å². The molecule has 1 N–H and O–H groups in total. The van der Waals surface area contributed by atoms with Crippen LogP contribution >= 0.6 is 23.2 Å². The van der Waals surface area contributed by atoms with Gasteiger partial charge in [0, 0.05) is 11.1 Å². The van der Waals surface area contributed by atoms with E-state index < -0.39 is 0 Å². The third-order valence-corrected chi connectivity index (χ3v) is 1.91. The van der Waals surface area contributed by atoms with E-state index in [-0.39, 0.29) is 10.8 Å². The van der Waals surface area contributed by atoms with E-state index in [1.54, 1.807) is 0 Å². The van der Waals surface area contributed by atoms with Crippen LogP contribution in [0.25, 0.3) is 0 Å². The molecule has 0 aromatic heterocycles. The highest BCUT2D eigenvalue weighted by atomic mass is 35.5. The van der Waals surface area contributed by atoms with E-state index in [4.69, 9.17) is 28.6 Å². The molecule has 0 fully saturated rings. The van der Waals surface area contributed by atoms with Gasteiger partial charge in [-0.15, -0.1) is 23.2 Å². The van der Waals surface area contributed by atoms with Crippen molar-refractivity contribution in [2.75, 3.05) is 0 Å². The fraction of sp³-hybridized carbons (Fsp3) is 0.857. The minimum absolute atomic E-state index is 0.0643. The first kappa shape index (κ1) is 10.2. The molecular weight excluding hydrogens is 169 g/mol. The Hall–Kier alpha value is 0.250. The van der Waals surface area contributed by atoms with E-state index in [1.165, 1.54) is 0 Å². The van der Waals surface area contributed by atoms with Gasteiger partial charge in [0.15, 0.2) is 0 Å². The van der Waals surface area contributed by atoms with Crippen molar-refractivity contribution in [1.29, 1.82) is 5.41 Å². The molecule has 10 heavy (non-hydrogen) atoms. The lowest BCUT2D eigenvalue weighted by Crippen LogP contribution is -2.15. The maximum absolute atomic E-state index is 7.35. The predicted octanol–water partition coefficient (Wildman–Crippen LogP) is 3.04. The molecule has 0 aliphatic heterocycles. The molecule has 2 atom stereocenters. The Morgan fingerprint density at radius 3 is 2.30 bits per heavy atom. The zero-order valence-electron chi connectivity index (χ0n) is 6.32. The summed E-state index contributed by atoms with van der Waals surface area (Å²) in [4.78, 5) is 0. The molecule has 3 heteroatoms. The number of hydrogen-bond acceptors (Lipinski definition) is 1. The zero-order valence-corrected chi connectivity index (χ0v) is 7.84. The number of nitrogens with one attached hydrogen (secondary N) is 1. The van der Waals surface area contributed by atoms with Gasteiger partial charge in [0.1, 0.15) is 0 Å². The Labute approximate surface area is 72.2 Å².